The van der Waals surface area contributed by atoms with E-state index in [9.17, 15) is 9.59 Å². The van der Waals surface area contributed by atoms with Crippen molar-refractivity contribution in [2.75, 3.05) is 0 Å². The van der Waals surface area contributed by atoms with Gasteiger partial charge in [-0.15, -0.1) is 0 Å². The Balaban J connectivity index is 1.55. The fourth-order valence-corrected chi connectivity index (χ4v) is 4.91. The first-order valence-electron chi connectivity index (χ1n) is 10.9. The smallest absolute Gasteiger partial charge is 0.330 e. The molecule has 1 aliphatic carbocycles. The number of hydrogen-bond acceptors (Lipinski definition) is 4. The van der Waals surface area contributed by atoms with Crippen LogP contribution in [0.3, 0.4) is 0 Å². The number of nitrogens with zero attached hydrogens (tertiary/aromatic N) is 3. The normalized spacial score (nSPS) is 18.8. The number of carbonyl (C=O) groups is 1. The van der Waals surface area contributed by atoms with Gasteiger partial charge in [-0.05, 0) is 30.9 Å². The van der Waals surface area contributed by atoms with E-state index in [2.05, 4.69) is 29.0 Å². The molecule has 1 N–H and O–H groups in total. The maximum Gasteiger partial charge on any atom is 0.330 e. The van der Waals surface area contributed by atoms with Crippen molar-refractivity contribution in [3.63, 3.8) is 0 Å². The van der Waals surface area contributed by atoms with Crippen LogP contribution in [0.15, 0.2) is 70.4 Å². The van der Waals surface area contributed by atoms with Gasteiger partial charge in [-0.25, -0.2) is 9.78 Å². The monoisotopic (exact) mass is 426 g/mol. The molecule has 32 heavy (non-hydrogen) atoms. The van der Waals surface area contributed by atoms with Gasteiger partial charge in [0.2, 0.25) is 0 Å². The maximum atomic E-state index is 13.7. The van der Waals surface area contributed by atoms with Crippen molar-refractivity contribution in [2.24, 2.45) is 5.92 Å². The minimum absolute atomic E-state index is 0.0645. The summed E-state index contributed by atoms with van der Waals surface area (Å²) in [6, 6.07) is 9.30. The van der Waals surface area contributed by atoms with E-state index in [0.29, 0.717) is 22.6 Å². The highest BCUT2D eigenvalue weighted by Gasteiger charge is 2.27. The molecule has 0 aliphatic heterocycles. The molecule has 4 heterocycles. The van der Waals surface area contributed by atoms with Crippen molar-refractivity contribution in [2.45, 2.75) is 32.4 Å². The molecule has 5 aromatic rings. The highest BCUT2D eigenvalue weighted by molar-refractivity contribution is 6.08. The molecule has 0 spiro atoms. The zero-order chi connectivity index (χ0) is 21.8. The lowest BCUT2D eigenvalue weighted by Crippen LogP contribution is -2.31. The largest absolute Gasteiger partial charge is 0.464 e. The molecule has 4 aromatic heterocycles. The Bertz CT molecular complexity index is 1580. The number of furan rings is 1. The van der Waals surface area contributed by atoms with Crippen molar-refractivity contribution >= 4 is 38.8 Å². The summed E-state index contributed by atoms with van der Waals surface area (Å²) in [7, 11) is 0. The number of imidazole rings is 1. The Morgan fingerprint density at radius 2 is 2.12 bits per heavy atom. The average Bonchev–Trinajstić information content (AvgIpc) is 3.51. The second kappa shape index (κ2) is 7.09. The SMILES string of the molecule is C[C@@H]1CCC=C[C@@H]1n1c(=O)n(CC(=O)c2coc3ccccc23)c2cnc3[nH]ccc3c21. The first-order chi connectivity index (χ1) is 15.6. The Morgan fingerprint density at radius 1 is 1.25 bits per heavy atom. The summed E-state index contributed by atoms with van der Waals surface area (Å²) >= 11 is 0. The third kappa shape index (κ3) is 2.70. The second-order valence-electron chi connectivity index (χ2n) is 8.51. The molecule has 2 atom stereocenters. The number of pyridine rings is 1. The highest BCUT2D eigenvalue weighted by atomic mass is 16.3. The predicted octanol–water partition coefficient (Wildman–Crippen LogP) is 4.84. The molecule has 160 valence electrons. The number of nitrogens with one attached hydrogen (secondary N) is 1. The molecule has 0 radical (unpaired) electrons. The molecule has 0 amide bonds. The van der Waals surface area contributed by atoms with Gasteiger partial charge in [0, 0.05) is 17.0 Å². The molecule has 0 unspecified atom stereocenters. The van der Waals surface area contributed by atoms with Gasteiger partial charge >= 0.3 is 5.69 Å². The van der Waals surface area contributed by atoms with Crippen molar-refractivity contribution < 1.29 is 9.21 Å². The van der Waals surface area contributed by atoms with E-state index in [1.165, 1.54) is 6.26 Å². The number of rotatable bonds is 4. The van der Waals surface area contributed by atoms with Gasteiger partial charge in [0.25, 0.3) is 0 Å². The number of carbonyl (C=O) groups excluding carboxylic acids is 1. The average molecular weight is 426 g/mol. The number of fused-ring (bicyclic) bond motifs is 4. The van der Waals surface area contributed by atoms with E-state index in [1.54, 1.807) is 10.8 Å². The Morgan fingerprint density at radius 3 is 3.00 bits per heavy atom. The molecule has 7 heteroatoms. The minimum Gasteiger partial charge on any atom is -0.464 e. The zero-order valence-electron chi connectivity index (χ0n) is 17.6. The van der Waals surface area contributed by atoms with Crippen LogP contribution in [0.4, 0.5) is 0 Å². The number of aromatic amines is 1. The summed E-state index contributed by atoms with van der Waals surface area (Å²) in [6.45, 7) is 2.09. The maximum absolute atomic E-state index is 13.7. The molecule has 1 aliphatic rings. The van der Waals surface area contributed by atoms with Crippen LogP contribution in [0.25, 0.3) is 33.0 Å². The highest BCUT2D eigenvalue weighted by Crippen LogP contribution is 2.33. The quantitative estimate of drug-likeness (QED) is 0.329. The van der Waals surface area contributed by atoms with Crippen LogP contribution >= 0.6 is 0 Å². The molecule has 0 saturated carbocycles. The van der Waals surface area contributed by atoms with E-state index < -0.39 is 0 Å². The first kappa shape index (κ1) is 18.9. The van der Waals surface area contributed by atoms with Gasteiger partial charge in [-0.1, -0.05) is 37.3 Å². The van der Waals surface area contributed by atoms with Gasteiger partial charge in [-0.2, -0.15) is 0 Å². The third-order valence-corrected chi connectivity index (χ3v) is 6.59. The van der Waals surface area contributed by atoms with Crippen molar-refractivity contribution in [1.82, 2.24) is 19.1 Å². The fraction of sp³-hybridized carbons (Fsp3) is 0.240. The number of H-pyrrole nitrogens is 1. The van der Waals surface area contributed by atoms with Crippen LogP contribution in [-0.2, 0) is 6.54 Å². The van der Waals surface area contributed by atoms with Crippen LogP contribution in [0.1, 0.15) is 36.2 Å². The number of allylic oxidation sites excluding steroid dienone is 2. The number of ketones is 1. The van der Waals surface area contributed by atoms with Crippen LogP contribution in [0.2, 0.25) is 0 Å². The van der Waals surface area contributed by atoms with E-state index >= 15 is 0 Å². The van der Waals surface area contributed by atoms with E-state index in [4.69, 9.17) is 4.42 Å². The zero-order valence-corrected chi connectivity index (χ0v) is 17.6. The van der Waals surface area contributed by atoms with E-state index in [1.807, 2.05) is 41.1 Å². The number of benzene rings is 1. The topological polar surface area (TPSA) is 85.8 Å². The van der Waals surface area contributed by atoms with Gasteiger partial charge in [0.1, 0.15) is 17.5 Å². The molecular weight excluding hydrogens is 404 g/mol. The molecule has 0 fully saturated rings. The van der Waals surface area contributed by atoms with Gasteiger partial charge in [0.15, 0.2) is 5.78 Å². The lowest BCUT2D eigenvalue weighted by Gasteiger charge is -2.25. The van der Waals surface area contributed by atoms with E-state index in [0.717, 1.165) is 34.8 Å². The van der Waals surface area contributed by atoms with Crippen molar-refractivity contribution in [3.8, 4) is 0 Å². The summed E-state index contributed by atoms with van der Waals surface area (Å²) in [6.07, 6.45) is 11.3. The van der Waals surface area contributed by atoms with Crippen LogP contribution in [0, 0.1) is 5.92 Å². The lowest BCUT2D eigenvalue weighted by molar-refractivity contribution is 0.0972. The number of para-hydroxylation sites is 1. The summed E-state index contributed by atoms with van der Waals surface area (Å²) in [5, 5.41) is 1.63. The Kier molecular flexibility index (Phi) is 4.18. The molecule has 6 rings (SSSR count). The van der Waals surface area contributed by atoms with E-state index in [-0.39, 0.29) is 24.1 Å². The van der Waals surface area contributed by atoms with Gasteiger partial charge < -0.3 is 9.40 Å². The summed E-state index contributed by atoms with van der Waals surface area (Å²) in [4.78, 5) is 34.6. The van der Waals surface area contributed by atoms with Crippen LogP contribution in [-0.4, -0.2) is 24.9 Å². The third-order valence-electron chi connectivity index (χ3n) is 6.59. The standard InChI is InChI=1S/C25H22N4O3/c1-15-6-2-4-8-19(15)29-23-17-10-11-26-24(17)27-12-20(23)28(25(29)31)13-21(30)18-14-32-22-9-5-3-7-16(18)22/h3-5,7-12,14-15,19H,2,6,13H2,1H3,(H,26,27)/t15-,19+/m1/s1. The Labute approximate surface area is 183 Å². The van der Waals surface area contributed by atoms with Crippen molar-refractivity contribution in [1.29, 1.82) is 0 Å². The summed E-state index contributed by atoms with van der Waals surface area (Å²) in [5.74, 6) is 0.143. The number of hydrogen-bond donors (Lipinski definition) is 1. The van der Waals surface area contributed by atoms with Crippen molar-refractivity contribution in [3.05, 3.63) is 77.2 Å². The molecule has 0 bridgehead atoms. The lowest BCUT2D eigenvalue weighted by atomic mass is 9.91. The molecule has 1 aromatic carbocycles. The second-order valence-corrected chi connectivity index (χ2v) is 8.51. The summed E-state index contributed by atoms with van der Waals surface area (Å²) in [5.41, 5.74) is 3.14. The first-order valence-corrected chi connectivity index (χ1v) is 10.9. The summed E-state index contributed by atoms with van der Waals surface area (Å²) < 4.78 is 8.94. The molecular formula is C25H22N4O3. The van der Waals surface area contributed by atoms with Crippen LogP contribution in [0.5, 0.6) is 0 Å². The fourth-order valence-electron chi connectivity index (χ4n) is 4.91. The molecule has 0 saturated heterocycles. The van der Waals surface area contributed by atoms with Gasteiger partial charge in [-0.3, -0.25) is 13.9 Å². The Hall–Kier alpha value is -3.87. The van der Waals surface area contributed by atoms with Crippen LogP contribution < -0.4 is 5.69 Å². The van der Waals surface area contributed by atoms with Gasteiger partial charge in [0.05, 0.1) is 35.4 Å². The number of aromatic nitrogens is 4. The predicted molar refractivity (Wildman–Crippen MR) is 123 cm³/mol. The number of Topliss-reactive ketones (excluding diaryl/α,β-unsaturated/α-hetero) is 1. The minimum atomic E-state index is -0.194. The molecule has 7 nitrogen and oxygen atoms in total.